The molecule has 1 aromatic rings. The van der Waals surface area contributed by atoms with Gasteiger partial charge in [0.25, 0.3) is 5.91 Å². The molecular weight excluding hydrogens is 320 g/mol. The zero-order chi connectivity index (χ0) is 17.4. The summed E-state index contributed by atoms with van der Waals surface area (Å²) in [7, 11) is -2.24. The summed E-state index contributed by atoms with van der Waals surface area (Å²) in [6.07, 6.45) is -0.828. The van der Waals surface area contributed by atoms with Crippen LogP contribution >= 0.6 is 0 Å². The molecule has 0 saturated heterocycles. The molecule has 8 heteroatoms. The van der Waals surface area contributed by atoms with Crippen LogP contribution in [0, 0.1) is 0 Å². The van der Waals surface area contributed by atoms with E-state index < -0.39 is 39.2 Å². The van der Waals surface area contributed by atoms with Gasteiger partial charge in [0.1, 0.15) is 11.6 Å². The molecule has 0 aliphatic carbocycles. The van der Waals surface area contributed by atoms with E-state index in [-0.39, 0.29) is 4.90 Å². The predicted octanol–water partition coefficient (Wildman–Crippen LogP) is 1.33. The van der Waals surface area contributed by atoms with Gasteiger partial charge >= 0.3 is 6.09 Å². The Kier molecular flexibility index (Phi) is 4.39. The van der Waals surface area contributed by atoms with Crippen molar-refractivity contribution >= 4 is 27.5 Å². The van der Waals surface area contributed by atoms with Gasteiger partial charge in [-0.2, -0.15) is 0 Å². The standard InChI is InChI=1S/C15H20N2O5S/c1-15(2,3)22-14(19)16-10-9-23(20,21)12-8-6-5-7-11(12)17(4)13(10)18/h5-8,10H,9H2,1-4H3,(H,16,19)/t10-/m0/s1. The van der Waals surface area contributed by atoms with Gasteiger partial charge in [0.05, 0.1) is 16.3 Å². The summed E-state index contributed by atoms with van der Waals surface area (Å²) in [5, 5.41) is 2.35. The van der Waals surface area contributed by atoms with Crippen molar-refractivity contribution in [3.8, 4) is 0 Å². The van der Waals surface area contributed by atoms with E-state index in [1.165, 1.54) is 18.0 Å². The highest BCUT2D eigenvalue weighted by Gasteiger charge is 2.37. The number of benzene rings is 1. The summed E-state index contributed by atoms with van der Waals surface area (Å²) in [4.78, 5) is 25.7. The molecule has 1 N–H and O–H groups in total. The number of sulfone groups is 1. The second kappa shape index (κ2) is 5.84. The molecule has 0 radical (unpaired) electrons. The minimum atomic E-state index is -3.72. The van der Waals surface area contributed by atoms with Crippen molar-refractivity contribution in [3.63, 3.8) is 0 Å². The number of nitrogens with one attached hydrogen (secondary N) is 1. The smallest absolute Gasteiger partial charge is 0.408 e. The lowest BCUT2D eigenvalue weighted by Gasteiger charge is -2.24. The number of amides is 2. The van der Waals surface area contributed by atoms with Crippen molar-refractivity contribution in [2.45, 2.75) is 37.3 Å². The molecule has 2 rings (SSSR count). The Morgan fingerprint density at radius 3 is 2.52 bits per heavy atom. The number of nitrogens with zero attached hydrogens (tertiary/aromatic N) is 1. The van der Waals surface area contributed by atoms with E-state index in [0.717, 1.165) is 0 Å². The van der Waals surface area contributed by atoms with Crippen LogP contribution in [-0.2, 0) is 19.4 Å². The third-order valence-corrected chi connectivity index (χ3v) is 5.05. The molecule has 1 aromatic carbocycles. The van der Waals surface area contributed by atoms with E-state index in [9.17, 15) is 18.0 Å². The number of carbonyl (C=O) groups is 2. The Balaban J connectivity index is 2.32. The Labute approximate surface area is 135 Å². The van der Waals surface area contributed by atoms with Crippen molar-refractivity contribution < 1.29 is 22.7 Å². The van der Waals surface area contributed by atoms with Crippen molar-refractivity contribution in [2.75, 3.05) is 17.7 Å². The first-order chi connectivity index (χ1) is 10.5. The molecule has 7 nitrogen and oxygen atoms in total. The van der Waals surface area contributed by atoms with Gasteiger partial charge in [-0.25, -0.2) is 13.2 Å². The molecule has 0 saturated carbocycles. The van der Waals surface area contributed by atoms with Crippen LogP contribution in [0.15, 0.2) is 29.2 Å². The van der Waals surface area contributed by atoms with Gasteiger partial charge in [0.15, 0.2) is 9.84 Å². The van der Waals surface area contributed by atoms with Crippen LogP contribution in [0.3, 0.4) is 0 Å². The summed E-state index contributed by atoms with van der Waals surface area (Å²) in [6, 6.07) is 5.05. The molecule has 1 heterocycles. The largest absolute Gasteiger partial charge is 0.444 e. The lowest BCUT2D eigenvalue weighted by molar-refractivity contribution is -0.119. The molecule has 0 spiro atoms. The number of likely N-dealkylation sites (N-methyl/N-ethyl adjacent to an activating group) is 1. The van der Waals surface area contributed by atoms with Gasteiger partial charge in [0, 0.05) is 7.05 Å². The van der Waals surface area contributed by atoms with Crippen molar-refractivity contribution in [3.05, 3.63) is 24.3 Å². The molecule has 126 valence electrons. The van der Waals surface area contributed by atoms with Gasteiger partial charge in [-0.3, -0.25) is 4.79 Å². The summed E-state index contributed by atoms with van der Waals surface area (Å²) in [5.74, 6) is -1.02. The number of ether oxygens (including phenoxy) is 1. The molecule has 23 heavy (non-hydrogen) atoms. The highest BCUT2D eigenvalue weighted by atomic mass is 32.2. The van der Waals surface area contributed by atoms with E-state index in [2.05, 4.69) is 5.32 Å². The van der Waals surface area contributed by atoms with Crippen molar-refractivity contribution in [1.82, 2.24) is 5.32 Å². The van der Waals surface area contributed by atoms with E-state index in [4.69, 9.17) is 4.74 Å². The zero-order valence-electron chi connectivity index (χ0n) is 13.5. The van der Waals surface area contributed by atoms with Crippen LogP contribution in [-0.4, -0.2) is 44.9 Å². The quantitative estimate of drug-likeness (QED) is 0.832. The number of para-hydroxylation sites is 1. The monoisotopic (exact) mass is 340 g/mol. The van der Waals surface area contributed by atoms with E-state index in [1.807, 2.05) is 0 Å². The van der Waals surface area contributed by atoms with Crippen molar-refractivity contribution in [2.24, 2.45) is 0 Å². The topological polar surface area (TPSA) is 92.8 Å². The normalized spacial score (nSPS) is 20.4. The Bertz CT molecular complexity index is 736. The Hall–Kier alpha value is -2.09. The lowest BCUT2D eigenvalue weighted by atomic mass is 10.2. The molecule has 1 aliphatic heterocycles. The number of rotatable bonds is 1. The molecule has 0 bridgehead atoms. The van der Waals surface area contributed by atoms with Gasteiger partial charge in [-0.15, -0.1) is 0 Å². The lowest BCUT2D eigenvalue weighted by Crippen LogP contribution is -2.50. The summed E-state index contributed by atoms with van der Waals surface area (Å²) >= 11 is 0. The van der Waals surface area contributed by atoms with Gasteiger partial charge in [0.2, 0.25) is 0 Å². The fourth-order valence-corrected chi connectivity index (χ4v) is 3.94. The molecule has 0 unspecified atom stereocenters. The van der Waals surface area contributed by atoms with Crippen LogP contribution < -0.4 is 10.2 Å². The second-order valence-electron chi connectivity index (χ2n) is 6.35. The summed E-state index contributed by atoms with van der Waals surface area (Å²) in [5.41, 5.74) is -0.447. The van der Waals surface area contributed by atoms with Crippen LogP contribution in [0.25, 0.3) is 0 Å². The SMILES string of the molecule is CN1C(=O)[C@@H](NC(=O)OC(C)(C)C)CS(=O)(=O)c2ccccc21. The second-order valence-corrected chi connectivity index (χ2v) is 8.35. The first-order valence-corrected chi connectivity index (χ1v) is 8.75. The van der Waals surface area contributed by atoms with E-state index in [0.29, 0.717) is 5.69 Å². The fraction of sp³-hybridized carbons (Fsp3) is 0.467. The maximum absolute atomic E-state index is 12.5. The van der Waals surface area contributed by atoms with E-state index >= 15 is 0 Å². The van der Waals surface area contributed by atoms with Crippen molar-refractivity contribution in [1.29, 1.82) is 0 Å². The average Bonchev–Trinajstić information content (AvgIpc) is 2.48. The van der Waals surface area contributed by atoms with Crippen LogP contribution in [0.1, 0.15) is 20.8 Å². The molecule has 0 fully saturated rings. The number of alkyl carbamates (subject to hydrolysis) is 1. The fourth-order valence-electron chi connectivity index (χ4n) is 2.28. The number of hydrogen-bond acceptors (Lipinski definition) is 5. The molecule has 2 amide bonds. The number of fused-ring (bicyclic) bond motifs is 1. The summed E-state index contributed by atoms with van der Waals surface area (Å²) in [6.45, 7) is 5.04. The third-order valence-electron chi connectivity index (χ3n) is 3.27. The van der Waals surface area contributed by atoms with Crippen LogP contribution in [0.5, 0.6) is 0 Å². The van der Waals surface area contributed by atoms with E-state index in [1.54, 1.807) is 39.0 Å². The third kappa shape index (κ3) is 3.82. The average molecular weight is 340 g/mol. The zero-order valence-corrected chi connectivity index (χ0v) is 14.3. The minimum absolute atomic E-state index is 0.0735. The van der Waals surface area contributed by atoms with Crippen LogP contribution in [0.2, 0.25) is 0 Å². The number of carbonyl (C=O) groups excluding carboxylic acids is 2. The maximum Gasteiger partial charge on any atom is 0.408 e. The first-order valence-electron chi connectivity index (χ1n) is 7.10. The van der Waals surface area contributed by atoms with Gasteiger partial charge in [-0.05, 0) is 32.9 Å². The summed E-state index contributed by atoms with van der Waals surface area (Å²) < 4.78 is 30.1. The predicted molar refractivity (Wildman–Crippen MR) is 85.1 cm³/mol. The number of anilines is 1. The number of hydrogen-bond donors (Lipinski definition) is 1. The first kappa shape index (κ1) is 17.3. The maximum atomic E-state index is 12.5. The van der Waals surface area contributed by atoms with Gasteiger partial charge in [-0.1, -0.05) is 12.1 Å². The molecular formula is C15H20N2O5S. The highest BCUT2D eigenvalue weighted by Crippen LogP contribution is 2.29. The molecule has 0 aromatic heterocycles. The minimum Gasteiger partial charge on any atom is -0.444 e. The Morgan fingerprint density at radius 1 is 1.30 bits per heavy atom. The van der Waals surface area contributed by atoms with Crippen LogP contribution in [0.4, 0.5) is 10.5 Å². The Morgan fingerprint density at radius 2 is 1.91 bits per heavy atom. The highest BCUT2D eigenvalue weighted by molar-refractivity contribution is 7.91. The molecule has 1 aliphatic rings. The van der Waals surface area contributed by atoms with Gasteiger partial charge < -0.3 is 15.0 Å². The molecule has 1 atom stereocenters.